The number of carbonyl (C=O) groups is 2. The Bertz CT molecular complexity index is 641. The van der Waals surface area contributed by atoms with E-state index in [0.717, 1.165) is 21.8 Å². The third kappa shape index (κ3) is 3.83. The van der Waals surface area contributed by atoms with Gasteiger partial charge in [0.2, 0.25) is 5.78 Å². The van der Waals surface area contributed by atoms with Crippen LogP contribution in [0.2, 0.25) is 5.02 Å². The lowest BCUT2D eigenvalue weighted by Gasteiger charge is -2.08. The third-order valence-electron chi connectivity index (χ3n) is 2.47. The number of hydrogen-bond acceptors (Lipinski definition) is 6. The predicted octanol–water partition coefficient (Wildman–Crippen LogP) is 4.29. The molecule has 1 aromatic carbocycles. The molecule has 0 radical (unpaired) electrons. The largest absolute Gasteiger partial charge is 0.462 e. The molecule has 0 aromatic heterocycles. The van der Waals surface area contributed by atoms with Gasteiger partial charge < -0.3 is 4.74 Å². The molecule has 0 saturated carbocycles. The van der Waals surface area contributed by atoms with Gasteiger partial charge in [-0.15, -0.1) is 0 Å². The minimum atomic E-state index is -0.712. The van der Waals surface area contributed by atoms with Crippen molar-refractivity contribution in [2.24, 2.45) is 4.40 Å². The Balaban J connectivity index is 2.45. The second-order valence-corrected chi connectivity index (χ2v) is 6.45. The third-order valence-corrected chi connectivity index (χ3v) is 5.05. The Hall–Kier alpha value is -0.950. The van der Waals surface area contributed by atoms with E-state index in [1.54, 1.807) is 31.2 Å². The lowest BCUT2D eigenvalue weighted by molar-refractivity contribution is -0.138. The molecule has 0 spiro atoms. The molecule has 1 aromatic rings. The summed E-state index contributed by atoms with van der Waals surface area (Å²) in [6, 6.07) is 6.24. The van der Waals surface area contributed by atoms with Crippen LogP contribution in [0.1, 0.15) is 17.3 Å². The van der Waals surface area contributed by atoms with Crippen LogP contribution in [0.15, 0.2) is 39.1 Å². The van der Waals surface area contributed by atoms with E-state index in [9.17, 15) is 9.59 Å². The van der Waals surface area contributed by atoms with Gasteiger partial charge in [-0.25, -0.2) is 4.79 Å². The Morgan fingerprint density at radius 1 is 1.24 bits per heavy atom. The first-order valence-electron chi connectivity index (χ1n) is 5.83. The number of benzene rings is 1. The first kappa shape index (κ1) is 16.4. The van der Waals surface area contributed by atoms with E-state index in [2.05, 4.69) is 4.40 Å². The highest BCUT2D eigenvalue weighted by atomic mass is 35.5. The summed E-state index contributed by atoms with van der Waals surface area (Å²) in [4.78, 5) is 25.0. The summed E-state index contributed by atoms with van der Waals surface area (Å²) in [6.07, 6.45) is 0. The number of carbonyl (C=O) groups excluding carboxylic acids is 2. The molecule has 1 heterocycles. The zero-order chi connectivity index (χ0) is 15.4. The van der Waals surface area contributed by atoms with Crippen LogP contribution in [-0.2, 0) is 9.53 Å². The number of ketones is 1. The zero-order valence-electron chi connectivity index (χ0n) is 10.8. The van der Waals surface area contributed by atoms with Gasteiger partial charge in [0.05, 0.1) is 22.5 Å². The first-order chi connectivity index (χ1) is 10.0. The molecule has 21 heavy (non-hydrogen) atoms. The van der Waals surface area contributed by atoms with Gasteiger partial charge in [-0.2, -0.15) is 4.40 Å². The molecule has 0 amide bonds. The number of halogens is 2. The normalized spacial score (nSPS) is 16.4. The molecule has 4 nitrogen and oxygen atoms in total. The van der Waals surface area contributed by atoms with E-state index in [0.29, 0.717) is 15.5 Å². The van der Waals surface area contributed by atoms with E-state index < -0.39 is 11.8 Å². The molecular weight excluding hydrogens is 353 g/mol. The first-order valence-corrected chi connectivity index (χ1v) is 8.70. The Morgan fingerprint density at radius 3 is 2.43 bits per heavy atom. The average Bonchev–Trinajstić information content (AvgIpc) is 2.86. The van der Waals surface area contributed by atoms with Gasteiger partial charge in [-0.1, -0.05) is 23.2 Å². The fourth-order valence-electron chi connectivity index (χ4n) is 1.55. The Kier molecular flexibility index (Phi) is 5.75. The van der Waals surface area contributed by atoms with Gasteiger partial charge in [-0.3, -0.25) is 4.79 Å². The smallest absolute Gasteiger partial charge is 0.343 e. The molecule has 110 valence electrons. The van der Waals surface area contributed by atoms with Crippen LogP contribution in [0, 0.1) is 0 Å². The molecular formula is C13H9Cl2NO3S2. The van der Waals surface area contributed by atoms with Crippen molar-refractivity contribution in [2.45, 2.75) is 6.92 Å². The molecule has 8 heteroatoms. The number of ether oxygens (including phenoxy) is 1. The number of hydrogen-bond donors (Lipinski definition) is 0. The summed E-state index contributed by atoms with van der Waals surface area (Å²) >= 11 is 11.7. The summed E-state index contributed by atoms with van der Waals surface area (Å²) in [5.41, 5.74) is 0.222. The second-order valence-electron chi connectivity index (χ2n) is 3.80. The number of Topliss-reactive ketones (excluding diaryl/α,β-unsaturated/α-hetero) is 1. The molecule has 0 N–H and O–H groups in total. The van der Waals surface area contributed by atoms with E-state index >= 15 is 0 Å². The molecule has 0 atom stereocenters. The highest BCUT2D eigenvalue weighted by Gasteiger charge is 2.30. The number of nitrogens with zero attached hydrogens (tertiary/aromatic N) is 1. The standard InChI is InChI=1S/C13H9Cl2NO3S2/c1-2-19-13(18)9(11-12(15)16-21-20-11)10(17)7-3-5-8(14)6-4-7/h3-6H,2H2,1H3/b11-9+. The molecule has 0 bridgehead atoms. The van der Waals surface area contributed by atoms with Gasteiger partial charge in [-0.05, 0) is 42.0 Å². The van der Waals surface area contributed by atoms with Crippen LogP contribution >= 0.6 is 45.0 Å². The topological polar surface area (TPSA) is 55.7 Å². The molecule has 1 aliphatic rings. The Morgan fingerprint density at radius 2 is 1.90 bits per heavy atom. The molecule has 0 fully saturated rings. The van der Waals surface area contributed by atoms with Crippen LogP contribution < -0.4 is 0 Å². The van der Waals surface area contributed by atoms with E-state index in [1.165, 1.54) is 0 Å². The monoisotopic (exact) mass is 361 g/mol. The van der Waals surface area contributed by atoms with Crippen molar-refractivity contribution in [1.82, 2.24) is 0 Å². The maximum atomic E-state index is 12.6. The van der Waals surface area contributed by atoms with Gasteiger partial charge in [0.15, 0.2) is 5.17 Å². The molecule has 1 aliphatic heterocycles. The van der Waals surface area contributed by atoms with Crippen molar-refractivity contribution in [1.29, 1.82) is 0 Å². The highest BCUT2D eigenvalue weighted by molar-refractivity contribution is 8.78. The van der Waals surface area contributed by atoms with Crippen molar-refractivity contribution >= 4 is 61.9 Å². The van der Waals surface area contributed by atoms with Gasteiger partial charge >= 0.3 is 5.97 Å². The lowest BCUT2D eigenvalue weighted by Crippen LogP contribution is -2.19. The molecule has 0 unspecified atom stereocenters. The van der Waals surface area contributed by atoms with Crippen molar-refractivity contribution < 1.29 is 14.3 Å². The summed E-state index contributed by atoms with van der Waals surface area (Å²) < 4.78 is 8.85. The Labute approximate surface area is 139 Å². The van der Waals surface area contributed by atoms with Crippen LogP contribution in [0.5, 0.6) is 0 Å². The van der Waals surface area contributed by atoms with Crippen LogP contribution in [-0.4, -0.2) is 23.5 Å². The number of rotatable bonds is 4. The number of esters is 1. The SMILES string of the molecule is CCOC(=O)/C(C(=O)c1ccc(Cl)cc1)=C1/SSN=C1Cl. The second kappa shape index (κ2) is 7.35. The fraction of sp³-hybridized carbons (Fsp3) is 0.154. The molecule has 0 aliphatic carbocycles. The predicted molar refractivity (Wildman–Crippen MR) is 87.9 cm³/mol. The average molecular weight is 362 g/mol. The van der Waals surface area contributed by atoms with E-state index in [-0.39, 0.29) is 17.4 Å². The highest BCUT2D eigenvalue weighted by Crippen LogP contribution is 2.43. The van der Waals surface area contributed by atoms with E-state index in [1.807, 2.05) is 0 Å². The van der Waals surface area contributed by atoms with Crippen molar-refractivity contribution in [3.8, 4) is 0 Å². The number of allylic oxidation sites excluding steroid dienone is 1. The fourth-order valence-corrected chi connectivity index (χ4v) is 3.99. The maximum Gasteiger partial charge on any atom is 0.343 e. The minimum Gasteiger partial charge on any atom is -0.462 e. The van der Waals surface area contributed by atoms with Crippen molar-refractivity contribution in [3.05, 3.63) is 45.3 Å². The molecule has 0 saturated heterocycles. The van der Waals surface area contributed by atoms with Gasteiger partial charge in [0, 0.05) is 10.6 Å². The summed E-state index contributed by atoms with van der Waals surface area (Å²) in [7, 11) is 2.25. The van der Waals surface area contributed by atoms with Crippen molar-refractivity contribution in [3.63, 3.8) is 0 Å². The van der Waals surface area contributed by atoms with Crippen LogP contribution in [0.25, 0.3) is 0 Å². The van der Waals surface area contributed by atoms with Crippen LogP contribution in [0.4, 0.5) is 0 Å². The van der Waals surface area contributed by atoms with E-state index in [4.69, 9.17) is 27.9 Å². The summed E-state index contributed by atoms with van der Waals surface area (Å²) in [6.45, 7) is 1.83. The van der Waals surface area contributed by atoms with Crippen LogP contribution in [0.3, 0.4) is 0 Å². The van der Waals surface area contributed by atoms with Gasteiger partial charge in [0.25, 0.3) is 0 Å². The zero-order valence-corrected chi connectivity index (χ0v) is 13.9. The van der Waals surface area contributed by atoms with Crippen molar-refractivity contribution in [2.75, 3.05) is 6.61 Å². The molecule has 2 rings (SSSR count). The summed E-state index contributed by atoms with van der Waals surface area (Å²) in [5.74, 6) is -1.18. The quantitative estimate of drug-likeness (QED) is 0.152. The van der Waals surface area contributed by atoms with Gasteiger partial charge in [0.1, 0.15) is 5.57 Å². The maximum absolute atomic E-state index is 12.6. The summed E-state index contributed by atoms with van der Waals surface area (Å²) in [5, 5.41) is 0.623. The lowest BCUT2D eigenvalue weighted by atomic mass is 10.0. The minimum absolute atomic E-state index is 0.108.